The first-order chi connectivity index (χ1) is 9.84. The smallest absolute Gasteiger partial charge is 0.253 e. The van der Waals surface area contributed by atoms with Crippen molar-refractivity contribution >= 4 is 11.9 Å². The quantitative estimate of drug-likeness (QED) is 0.729. The molecule has 0 aromatic carbocycles. The predicted molar refractivity (Wildman–Crippen MR) is 71.4 cm³/mol. The molecular weight excluding hydrogens is 260 g/mol. The fourth-order valence-electron chi connectivity index (χ4n) is 2.42. The van der Waals surface area contributed by atoms with Gasteiger partial charge in [-0.1, -0.05) is 0 Å². The van der Waals surface area contributed by atoms with E-state index < -0.39 is 6.10 Å². The molecule has 1 aromatic rings. The SMILES string of the molecule is O=C([C@H]1CN(c2ncccn2)CCO1)N1CCOCC1. The Kier molecular flexibility index (Phi) is 4.08. The van der Waals surface area contributed by atoms with Gasteiger partial charge < -0.3 is 19.3 Å². The van der Waals surface area contributed by atoms with Crippen LogP contribution < -0.4 is 4.90 Å². The number of hydrogen-bond acceptors (Lipinski definition) is 6. The van der Waals surface area contributed by atoms with Crippen molar-refractivity contribution in [1.29, 1.82) is 0 Å². The number of ether oxygens (including phenoxy) is 2. The Hall–Kier alpha value is -1.73. The molecule has 2 aliphatic rings. The first-order valence-electron chi connectivity index (χ1n) is 6.85. The number of nitrogens with zero attached hydrogens (tertiary/aromatic N) is 4. The standard InChI is InChI=1S/C13H18N4O3/c18-12(16-4-7-19-8-5-16)11-10-17(6-9-20-11)13-14-2-1-3-15-13/h1-3,11H,4-10H2/t11-/m1/s1. The van der Waals surface area contributed by atoms with Gasteiger partial charge in [0.2, 0.25) is 5.95 Å². The predicted octanol–water partition coefficient (Wildman–Crippen LogP) is -0.459. The minimum Gasteiger partial charge on any atom is -0.378 e. The Morgan fingerprint density at radius 2 is 1.90 bits per heavy atom. The van der Waals surface area contributed by atoms with Gasteiger partial charge in [-0.05, 0) is 6.07 Å². The second-order valence-electron chi connectivity index (χ2n) is 4.79. The first-order valence-corrected chi connectivity index (χ1v) is 6.85. The molecule has 0 spiro atoms. The summed E-state index contributed by atoms with van der Waals surface area (Å²) in [5.41, 5.74) is 0. The molecule has 1 atom stereocenters. The van der Waals surface area contributed by atoms with Crippen LogP contribution in [0.2, 0.25) is 0 Å². The summed E-state index contributed by atoms with van der Waals surface area (Å²) >= 11 is 0. The highest BCUT2D eigenvalue weighted by atomic mass is 16.5. The van der Waals surface area contributed by atoms with Crippen molar-refractivity contribution < 1.29 is 14.3 Å². The maximum Gasteiger partial charge on any atom is 0.253 e. The number of carbonyl (C=O) groups excluding carboxylic acids is 1. The summed E-state index contributed by atoms with van der Waals surface area (Å²) in [4.78, 5) is 24.7. The zero-order chi connectivity index (χ0) is 13.8. The summed E-state index contributed by atoms with van der Waals surface area (Å²) in [7, 11) is 0. The van der Waals surface area contributed by atoms with Gasteiger partial charge in [0.1, 0.15) is 0 Å². The number of morpholine rings is 2. The second-order valence-corrected chi connectivity index (χ2v) is 4.79. The lowest BCUT2D eigenvalue weighted by molar-refractivity contribution is -0.148. The molecule has 1 aromatic heterocycles. The van der Waals surface area contributed by atoms with E-state index in [-0.39, 0.29) is 5.91 Å². The van der Waals surface area contributed by atoms with Crippen molar-refractivity contribution in [3.05, 3.63) is 18.5 Å². The molecule has 7 heteroatoms. The number of hydrogen-bond donors (Lipinski definition) is 0. The van der Waals surface area contributed by atoms with Crippen molar-refractivity contribution in [3.63, 3.8) is 0 Å². The van der Waals surface area contributed by atoms with Crippen molar-refractivity contribution in [2.24, 2.45) is 0 Å². The van der Waals surface area contributed by atoms with Gasteiger partial charge in [-0.3, -0.25) is 4.79 Å². The molecule has 0 unspecified atom stereocenters. The average Bonchev–Trinajstić information content (AvgIpc) is 2.56. The van der Waals surface area contributed by atoms with Crippen LogP contribution in [0, 0.1) is 0 Å². The summed E-state index contributed by atoms with van der Waals surface area (Å²) in [5, 5.41) is 0. The van der Waals surface area contributed by atoms with Crippen LogP contribution in [0.5, 0.6) is 0 Å². The molecule has 2 saturated heterocycles. The molecule has 7 nitrogen and oxygen atoms in total. The fraction of sp³-hybridized carbons (Fsp3) is 0.615. The molecule has 0 bridgehead atoms. The van der Waals surface area contributed by atoms with E-state index in [1.807, 2.05) is 9.80 Å². The zero-order valence-corrected chi connectivity index (χ0v) is 11.3. The molecule has 1 amide bonds. The third kappa shape index (κ3) is 2.88. The Labute approximate surface area is 117 Å². The molecule has 2 aliphatic heterocycles. The number of rotatable bonds is 2. The van der Waals surface area contributed by atoms with E-state index in [9.17, 15) is 4.79 Å². The second kappa shape index (κ2) is 6.15. The first kappa shape index (κ1) is 13.3. The van der Waals surface area contributed by atoms with Crippen LogP contribution in [0.1, 0.15) is 0 Å². The number of amides is 1. The molecule has 20 heavy (non-hydrogen) atoms. The fourth-order valence-corrected chi connectivity index (χ4v) is 2.42. The minimum absolute atomic E-state index is 0.0360. The summed E-state index contributed by atoms with van der Waals surface area (Å²) in [6, 6.07) is 1.78. The van der Waals surface area contributed by atoms with E-state index in [1.165, 1.54) is 0 Å². The number of aromatic nitrogens is 2. The number of anilines is 1. The molecule has 0 saturated carbocycles. The van der Waals surface area contributed by atoms with Crippen LogP contribution in [0.15, 0.2) is 18.5 Å². The van der Waals surface area contributed by atoms with Gasteiger partial charge in [0.05, 0.1) is 26.4 Å². The summed E-state index contributed by atoms with van der Waals surface area (Å²) in [5.74, 6) is 0.685. The lowest BCUT2D eigenvalue weighted by Crippen LogP contribution is -2.53. The van der Waals surface area contributed by atoms with Gasteiger partial charge >= 0.3 is 0 Å². The van der Waals surface area contributed by atoms with E-state index in [4.69, 9.17) is 9.47 Å². The van der Waals surface area contributed by atoms with Crippen molar-refractivity contribution in [3.8, 4) is 0 Å². The van der Waals surface area contributed by atoms with Gasteiger partial charge in [0.25, 0.3) is 5.91 Å². The van der Waals surface area contributed by atoms with Crippen LogP contribution in [0.4, 0.5) is 5.95 Å². The highest BCUT2D eigenvalue weighted by molar-refractivity contribution is 5.82. The van der Waals surface area contributed by atoms with Gasteiger partial charge in [-0.25, -0.2) is 9.97 Å². The molecule has 0 aliphatic carbocycles. The van der Waals surface area contributed by atoms with E-state index >= 15 is 0 Å². The minimum atomic E-state index is -0.439. The monoisotopic (exact) mass is 278 g/mol. The van der Waals surface area contributed by atoms with E-state index in [0.29, 0.717) is 51.9 Å². The van der Waals surface area contributed by atoms with E-state index in [2.05, 4.69) is 9.97 Å². The van der Waals surface area contributed by atoms with Gasteiger partial charge in [0, 0.05) is 32.0 Å². The molecule has 0 radical (unpaired) electrons. The molecule has 108 valence electrons. The molecule has 3 rings (SSSR count). The molecule has 2 fully saturated rings. The summed E-state index contributed by atoms with van der Waals surface area (Å²) < 4.78 is 10.9. The normalized spacial score (nSPS) is 23.7. The average molecular weight is 278 g/mol. The van der Waals surface area contributed by atoms with Crippen molar-refractivity contribution in [2.75, 3.05) is 50.9 Å². The van der Waals surface area contributed by atoms with E-state index in [1.54, 1.807) is 18.5 Å². The highest BCUT2D eigenvalue weighted by Gasteiger charge is 2.31. The van der Waals surface area contributed by atoms with Crippen LogP contribution in [0.3, 0.4) is 0 Å². The van der Waals surface area contributed by atoms with Crippen LogP contribution in [0.25, 0.3) is 0 Å². The Balaban J connectivity index is 1.64. The van der Waals surface area contributed by atoms with Crippen LogP contribution >= 0.6 is 0 Å². The van der Waals surface area contributed by atoms with Crippen molar-refractivity contribution in [1.82, 2.24) is 14.9 Å². The zero-order valence-electron chi connectivity index (χ0n) is 11.3. The maximum absolute atomic E-state index is 12.4. The van der Waals surface area contributed by atoms with E-state index in [0.717, 1.165) is 0 Å². The van der Waals surface area contributed by atoms with Gasteiger partial charge in [0.15, 0.2) is 6.10 Å². The summed E-state index contributed by atoms with van der Waals surface area (Å²) in [6.45, 7) is 4.20. The lowest BCUT2D eigenvalue weighted by Gasteiger charge is -2.36. The third-order valence-corrected chi connectivity index (χ3v) is 3.50. The molecule has 0 N–H and O–H groups in total. The van der Waals surface area contributed by atoms with Gasteiger partial charge in [-0.15, -0.1) is 0 Å². The Morgan fingerprint density at radius 3 is 2.65 bits per heavy atom. The Bertz CT molecular complexity index is 450. The largest absolute Gasteiger partial charge is 0.378 e. The number of carbonyl (C=O) groups is 1. The Morgan fingerprint density at radius 1 is 1.15 bits per heavy atom. The highest BCUT2D eigenvalue weighted by Crippen LogP contribution is 2.14. The lowest BCUT2D eigenvalue weighted by atomic mass is 10.2. The van der Waals surface area contributed by atoms with Crippen LogP contribution in [-0.2, 0) is 14.3 Å². The molecular formula is C13H18N4O3. The summed E-state index contributed by atoms with van der Waals surface area (Å²) in [6.07, 6.45) is 2.97. The maximum atomic E-state index is 12.4. The third-order valence-electron chi connectivity index (χ3n) is 3.50. The molecule has 3 heterocycles. The van der Waals surface area contributed by atoms with Gasteiger partial charge in [-0.2, -0.15) is 0 Å². The van der Waals surface area contributed by atoms with Crippen molar-refractivity contribution in [2.45, 2.75) is 6.10 Å². The topological polar surface area (TPSA) is 67.8 Å². The van der Waals surface area contributed by atoms with Crippen LogP contribution in [-0.4, -0.2) is 72.9 Å².